The van der Waals surface area contributed by atoms with Gasteiger partial charge < -0.3 is 0 Å². The Labute approximate surface area is 126 Å². The average Bonchev–Trinajstić information content (AvgIpc) is 2.48. The first kappa shape index (κ1) is 18.9. The molecule has 1 atom stereocenters. The number of aliphatic imine (C=N–C) groups is 1. The van der Waals surface area contributed by atoms with Gasteiger partial charge in [-0.15, -0.1) is 5.73 Å². The number of rotatable bonds is 11. The third-order valence-corrected chi connectivity index (χ3v) is 3.67. The van der Waals surface area contributed by atoms with E-state index in [1.807, 2.05) is 6.21 Å². The Morgan fingerprint density at radius 1 is 1.10 bits per heavy atom. The first-order chi connectivity index (χ1) is 9.73. The average molecular weight is 275 g/mol. The lowest BCUT2D eigenvalue weighted by atomic mass is 9.94. The fraction of sp³-hybridized carbons (Fsp3) is 0.684. The largest absolute Gasteiger partial charge is 0.252 e. The zero-order valence-corrected chi connectivity index (χ0v) is 14.0. The number of nitrogens with zero attached hydrogens (tertiary/aromatic N) is 1. The van der Waals surface area contributed by atoms with E-state index in [-0.39, 0.29) is 0 Å². The van der Waals surface area contributed by atoms with Gasteiger partial charge in [0.05, 0.1) is 5.70 Å². The number of allylic oxidation sites excluding steroid dienone is 3. The minimum absolute atomic E-state index is 0.526. The van der Waals surface area contributed by atoms with E-state index in [1.165, 1.54) is 50.5 Å². The smallest absolute Gasteiger partial charge is 0.0845 e. The minimum atomic E-state index is 0.526. The second kappa shape index (κ2) is 12.9. The molecular formula is C19H33N. The van der Waals surface area contributed by atoms with Crippen molar-refractivity contribution < 1.29 is 0 Å². The monoisotopic (exact) mass is 275 g/mol. The quantitative estimate of drug-likeness (QED) is 0.303. The predicted molar refractivity (Wildman–Crippen MR) is 92.4 cm³/mol. The van der Waals surface area contributed by atoms with Gasteiger partial charge in [0.2, 0.25) is 0 Å². The molecule has 1 unspecified atom stereocenters. The van der Waals surface area contributed by atoms with E-state index in [1.54, 1.807) is 0 Å². The molecule has 0 aliphatic rings. The minimum Gasteiger partial charge on any atom is -0.252 e. The third-order valence-electron chi connectivity index (χ3n) is 3.67. The topological polar surface area (TPSA) is 12.4 Å². The standard InChI is InChI=1S/C19H33N/c1-6-11-14-17(9-4)16-20-19(10-5)18(13-8-3)15-12-7-2/h9,16,18H,5-8,11-15H2,1-4H3/b17-9-,20-16?. The van der Waals surface area contributed by atoms with Gasteiger partial charge >= 0.3 is 0 Å². The van der Waals surface area contributed by atoms with Gasteiger partial charge in [-0.05, 0) is 38.2 Å². The van der Waals surface area contributed by atoms with Crippen LogP contribution >= 0.6 is 0 Å². The zero-order valence-electron chi connectivity index (χ0n) is 14.0. The van der Waals surface area contributed by atoms with Crippen molar-refractivity contribution in [2.24, 2.45) is 10.9 Å². The molecule has 114 valence electrons. The molecule has 0 aromatic heterocycles. The number of hydrogen-bond acceptors (Lipinski definition) is 1. The lowest BCUT2D eigenvalue weighted by molar-refractivity contribution is 0.486. The third kappa shape index (κ3) is 8.17. The van der Waals surface area contributed by atoms with Gasteiger partial charge in [0, 0.05) is 12.1 Å². The number of hydrogen-bond donors (Lipinski definition) is 0. The van der Waals surface area contributed by atoms with Crippen LogP contribution < -0.4 is 0 Å². The van der Waals surface area contributed by atoms with Gasteiger partial charge in [-0.1, -0.05) is 59.1 Å². The molecule has 0 N–H and O–H groups in total. The Morgan fingerprint density at radius 2 is 1.80 bits per heavy atom. The second-order valence-corrected chi connectivity index (χ2v) is 5.42. The van der Waals surface area contributed by atoms with Crippen molar-refractivity contribution in [1.82, 2.24) is 0 Å². The molecule has 0 aromatic rings. The highest BCUT2D eigenvalue weighted by atomic mass is 14.7. The van der Waals surface area contributed by atoms with E-state index in [0.29, 0.717) is 5.92 Å². The summed E-state index contributed by atoms with van der Waals surface area (Å²) in [7, 11) is 0. The molecule has 0 bridgehead atoms. The highest BCUT2D eigenvalue weighted by Gasteiger charge is 2.11. The Bertz CT molecular complexity index is 343. The highest BCUT2D eigenvalue weighted by molar-refractivity contribution is 5.79. The molecule has 1 heteroatoms. The van der Waals surface area contributed by atoms with Crippen LogP contribution in [0.3, 0.4) is 0 Å². The van der Waals surface area contributed by atoms with Crippen LogP contribution in [0.1, 0.15) is 79.1 Å². The van der Waals surface area contributed by atoms with E-state index in [9.17, 15) is 0 Å². The zero-order chi connectivity index (χ0) is 15.2. The van der Waals surface area contributed by atoms with E-state index >= 15 is 0 Å². The molecule has 0 radical (unpaired) electrons. The fourth-order valence-corrected chi connectivity index (χ4v) is 2.33. The van der Waals surface area contributed by atoms with Gasteiger partial charge in [0.1, 0.15) is 0 Å². The molecular weight excluding hydrogens is 242 g/mol. The lowest BCUT2D eigenvalue weighted by Gasteiger charge is -2.15. The molecule has 0 saturated carbocycles. The summed E-state index contributed by atoms with van der Waals surface area (Å²) in [6.45, 7) is 12.6. The predicted octanol–water partition coefficient (Wildman–Crippen LogP) is 6.47. The SMILES string of the molecule is C=C=C(N=C/C(=C\C)CCCC)C(CCC)CCCC. The molecule has 20 heavy (non-hydrogen) atoms. The summed E-state index contributed by atoms with van der Waals surface area (Å²) in [5, 5.41) is 0. The Kier molecular flexibility index (Phi) is 12.2. The molecule has 0 saturated heterocycles. The van der Waals surface area contributed by atoms with Gasteiger partial charge in [-0.3, -0.25) is 4.99 Å². The maximum Gasteiger partial charge on any atom is 0.0845 e. The highest BCUT2D eigenvalue weighted by Crippen LogP contribution is 2.23. The molecule has 0 amide bonds. The van der Waals surface area contributed by atoms with Gasteiger partial charge in [0.25, 0.3) is 0 Å². The van der Waals surface area contributed by atoms with E-state index in [4.69, 9.17) is 0 Å². The van der Waals surface area contributed by atoms with Crippen molar-refractivity contribution in [2.45, 2.75) is 79.1 Å². The Balaban J connectivity index is 4.74. The van der Waals surface area contributed by atoms with Crippen molar-refractivity contribution in [2.75, 3.05) is 0 Å². The van der Waals surface area contributed by atoms with Crippen LogP contribution in [-0.4, -0.2) is 6.21 Å². The summed E-state index contributed by atoms with van der Waals surface area (Å²) >= 11 is 0. The molecule has 0 aliphatic heterocycles. The van der Waals surface area contributed by atoms with Gasteiger partial charge in [-0.25, -0.2) is 0 Å². The van der Waals surface area contributed by atoms with Crippen LogP contribution in [-0.2, 0) is 0 Å². The second-order valence-electron chi connectivity index (χ2n) is 5.42. The number of unbranched alkanes of at least 4 members (excludes halogenated alkanes) is 2. The van der Waals surface area contributed by atoms with E-state index in [0.717, 1.165) is 12.1 Å². The summed E-state index contributed by atoms with van der Waals surface area (Å²) in [6, 6.07) is 0. The van der Waals surface area contributed by atoms with Crippen molar-refractivity contribution in [3.8, 4) is 0 Å². The van der Waals surface area contributed by atoms with Crippen LogP contribution in [0.5, 0.6) is 0 Å². The Hall–Kier alpha value is -1.07. The van der Waals surface area contributed by atoms with Crippen molar-refractivity contribution in [3.05, 3.63) is 29.7 Å². The molecule has 0 heterocycles. The summed E-state index contributed by atoms with van der Waals surface area (Å²) < 4.78 is 0. The summed E-state index contributed by atoms with van der Waals surface area (Å²) in [5.41, 5.74) is 5.45. The summed E-state index contributed by atoms with van der Waals surface area (Å²) in [4.78, 5) is 4.69. The first-order valence-electron chi connectivity index (χ1n) is 8.32. The first-order valence-corrected chi connectivity index (χ1v) is 8.32. The van der Waals surface area contributed by atoms with Crippen LogP contribution in [0, 0.1) is 5.92 Å². The molecule has 0 aromatic carbocycles. The Morgan fingerprint density at radius 3 is 2.30 bits per heavy atom. The van der Waals surface area contributed by atoms with Crippen LogP contribution in [0.15, 0.2) is 34.6 Å². The molecule has 0 rings (SSSR count). The van der Waals surface area contributed by atoms with Gasteiger partial charge in [-0.2, -0.15) is 0 Å². The molecule has 0 aliphatic carbocycles. The van der Waals surface area contributed by atoms with Crippen molar-refractivity contribution >= 4 is 6.21 Å². The van der Waals surface area contributed by atoms with Crippen LogP contribution in [0.4, 0.5) is 0 Å². The molecule has 0 spiro atoms. The fourth-order valence-electron chi connectivity index (χ4n) is 2.33. The maximum atomic E-state index is 4.69. The van der Waals surface area contributed by atoms with Crippen LogP contribution in [0.25, 0.3) is 0 Å². The van der Waals surface area contributed by atoms with E-state index in [2.05, 4.69) is 51.1 Å². The maximum absolute atomic E-state index is 4.69. The molecule has 0 fully saturated rings. The van der Waals surface area contributed by atoms with E-state index < -0.39 is 0 Å². The summed E-state index contributed by atoms with van der Waals surface area (Å²) in [6.07, 6.45) is 13.9. The molecule has 1 nitrogen and oxygen atoms in total. The lowest BCUT2D eigenvalue weighted by Crippen LogP contribution is -2.03. The summed E-state index contributed by atoms with van der Waals surface area (Å²) in [5.74, 6) is 0.526. The van der Waals surface area contributed by atoms with Crippen molar-refractivity contribution in [3.63, 3.8) is 0 Å². The van der Waals surface area contributed by atoms with Gasteiger partial charge in [0.15, 0.2) is 0 Å². The van der Waals surface area contributed by atoms with Crippen LogP contribution in [0.2, 0.25) is 0 Å². The normalized spacial score (nSPS) is 13.5. The van der Waals surface area contributed by atoms with Crippen molar-refractivity contribution in [1.29, 1.82) is 0 Å².